The van der Waals surface area contributed by atoms with Crippen LogP contribution < -0.4 is 5.73 Å². The minimum absolute atomic E-state index is 0. The van der Waals surface area contributed by atoms with E-state index in [2.05, 4.69) is 25.1 Å². The van der Waals surface area contributed by atoms with E-state index in [4.69, 9.17) is 10.2 Å². The number of anilines is 1. The first-order valence-electron chi connectivity index (χ1n) is 12.3. The highest BCUT2D eigenvalue weighted by Crippen LogP contribution is 2.38. The molecule has 1 fully saturated rings. The molecule has 0 spiro atoms. The summed E-state index contributed by atoms with van der Waals surface area (Å²) in [6.45, 7) is 0.958. The molecule has 1 aliphatic rings. The second-order valence-corrected chi connectivity index (χ2v) is 9.51. The minimum Gasteiger partial charge on any atom is -0.414 e. The molecule has 0 aliphatic carbocycles. The number of likely N-dealkylation sites (tertiary alicyclic amines) is 1. The molecule has 0 saturated carbocycles. The first-order chi connectivity index (χ1) is 18.6. The van der Waals surface area contributed by atoms with Crippen molar-refractivity contribution in [3.05, 3.63) is 65.9 Å². The van der Waals surface area contributed by atoms with E-state index in [-0.39, 0.29) is 41.5 Å². The maximum Gasteiger partial charge on any atom is 0.417 e. The standard InChI is InChI=1S/C27H26F3N7O2.H2/c1-36(2)18-10-12-37(13-11-18)26(38)17-8-9-19(20(14-17)27(28,29)30)21-15-32-23(31)22(33-21)25-35-34-24(39-25)16-6-4-3-5-7-16;/h3-9,14-15,18H,10-13H2,1-2H3,(H2,31,32);1H. The van der Waals surface area contributed by atoms with Gasteiger partial charge in [-0.15, -0.1) is 10.2 Å². The van der Waals surface area contributed by atoms with Crippen LogP contribution >= 0.6 is 0 Å². The number of aromatic nitrogens is 4. The summed E-state index contributed by atoms with van der Waals surface area (Å²) in [7, 11) is 3.95. The molecule has 2 aromatic heterocycles. The smallest absolute Gasteiger partial charge is 0.414 e. The molecule has 39 heavy (non-hydrogen) atoms. The Balaban J connectivity index is 0.00000370. The Kier molecular flexibility index (Phi) is 7.04. The molecule has 0 unspecified atom stereocenters. The molecule has 12 heteroatoms. The molecule has 0 bridgehead atoms. The van der Waals surface area contributed by atoms with Gasteiger partial charge in [-0.3, -0.25) is 4.79 Å². The normalized spacial score (nSPS) is 14.7. The Morgan fingerprint density at radius 1 is 1.08 bits per heavy atom. The van der Waals surface area contributed by atoms with Crippen LogP contribution in [0.5, 0.6) is 0 Å². The van der Waals surface area contributed by atoms with Gasteiger partial charge < -0.3 is 20.0 Å². The van der Waals surface area contributed by atoms with E-state index < -0.39 is 17.6 Å². The topological polar surface area (TPSA) is 114 Å². The zero-order valence-electron chi connectivity index (χ0n) is 21.3. The Bertz CT molecular complexity index is 1490. The van der Waals surface area contributed by atoms with Crippen molar-refractivity contribution in [3.8, 4) is 34.3 Å². The van der Waals surface area contributed by atoms with E-state index in [1.54, 1.807) is 29.2 Å². The van der Waals surface area contributed by atoms with Crippen molar-refractivity contribution in [2.75, 3.05) is 32.9 Å². The van der Waals surface area contributed by atoms with E-state index in [0.717, 1.165) is 25.1 Å². The average molecular weight is 540 g/mol. The van der Waals surface area contributed by atoms with Crippen LogP contribution in [0.2, 0.25) is 0 Å². The Morgan fingerprint density at radius 2 is 1.77 bits per heavy atom. The highest BCUT2D eigenvalue weighted by molar-refractivity contribution is 5.95. The van der Waals surface area contributed by atoms with E-state index in [1.807, 2.05) is 20.2 Å². The van der Waals surface area contributed by atoms with Crippen LogP contribution in [0, 0.1) is 0 Å². The predicted octanol–water partition coefficient (Wildman–Crippen LogP) is 4.87. The lowest BCUT2D eigenvalue weighted by atomic mass is 9.99. The zero-order valence-corrected chi connectivity index (χ0v) is 21.3. The average Bonchev–Trinajstić information content (AvgIpc) is 3.43. The number of rotatable bonds is 5. The molecule has 1 aliphatic heterocycles. The van der Waals surface area contributed by atoms with Gasteiger partial charge >= 0.3 is 6.18 Å². The number of nitrogens with two attached hydrogens (primary N) is 1. The fourth-order valence-electron chi connectivity index (χ4n) is 4.60. The van der Waals surface area contributed by atoms with E-state index in [1.165, 1.54) is 12.1 Å². The van der Waals surface area contributed by atoms with E-state index in [9.17, 15) is 18.0 Å². The molecule has 2 N–H and O–H groups in total. The van der Waals surface area contributed by atoms with Gasteiger partial charge in [0.05, 0.1) is 17.5 Å². The number of benzene rings is 2. The number of amides is 1. The number of alkyl halides is 3. The lowest BCUT2D eigenvalue weighted by Gasteiger charge is -2.35. The van der Waals surface area contributed by atoms with Crippen molar-refractivity contribution in [2.24, 2.45) is 0 Å². The number of hydrogen-bond acceptors (Lipinski definition) is 8. The summed E-state index contributed by atoms with van der Waals surface area (Å²) in [6, 6.07) is 12.8. The maximum absolute atomic E-state index is 14.2. The van der Waals surface area contributed by atoms with Crippen LogP contribution in [-0.4, -0.2) is 69.1 Å². The lowest BCUT2D eigenvalue weighted by molar-refractivity contribution is -0.137. The largest absolute Gasteiger partial charge is 0.417 e. The Hall–Kier alpha value is -4.32. The van der Waals surface area contributed by atoms with Gasteiger partial charge in [0.2, 0.25) is 5.89 Å². The van der Waals surface area contributed by atoms with Crippen molar-refractivity contribution >= 4 is 11.7 Å². The zero-order chi connectivity index (χ0) is 27.7. The number of nitrogen functional groups attached to an aromatic ring is 1. The molecule has 2 aromatic carbocycles. The molecule has 0 radical (unpaired) electrons. The quantitative estimate of drug-likeness (QED) is 0.382. The van der Waals surface area contributed by atoms with Crippen molar-refractivity contribution in [1.82, 2.24) is 30.0 Å². The van der Waals surface area contributed by atoms with Gasteiger partial charge in [0, 0.05) is 37.2 Å². The van der Waals surface area contributed by atoms with Gasteiger partial charge in [-0.1, -0.05) is 24.3 Å². The van der Waals surface area contributed by atoms with Crippen LogP contribution in [0.4, 0.5) is 19.0 Å². The van der Waals surface area contributed by atoms with Gasteiger partial charge in [0.25, 0.3) is 11.8 Å². The third-order valence-electron chi connectivity index (χ3n) is 6.78. The molecule has 0 atom stereocenters. The highest BCUT2D eigenvalue weighted by atomic mass is 19.4. The van der Waals surface area contributed by atoms with Gasteiger partial charge in [0.1, 0.15) is 0 Å². The fraction of sp³-hybridized carbons (Fsp3) is 0.296. The highest BCUT2D eigenvalue weighted by Gasteiger charge is 2.36. The van der Waals surface area contributed by atoms with Gasteiger partial charge in [0.15, 0.2) is 11.5 Å². The third-order valence-corrected chi connectivity index (χ3v) is 6.78. The summed E-state index contributed by atoms with van der Waals surface area (Å²) in [6.07, 6.45) is -2.09. The molecule has 1 saturated heterocycles. The summed E-state index contributed by atoms with van der Waals surface area (Å²) < 4.78 is 48.3. The van der Waals surface area contributed by atoms with Crippen molar-refractivity contribution in [2.45, 2.75) is 25.1 Å². The van der Waals surface area contributed by atoms with Crippen molar-refractivity contribution in [1.29, 1.82) is 0 Å². The van der Waals surface area contributed by atoms with Crippen LogP contribution in [-0.2, 0) is 6.18 Å². The first kappa shape index (κ1) is 26.3. The SMILES string of the molecule is CN(C)C1CCN(C(=O)c2ccc(-c3cnc(N)c(-c4nnc(-c5ccccc5)o4)n3)c(C(F)(F)F)c2)CC1.[HH]. The molecule has 9 nitrogen and oxygen atoms in total. The Morgan fingerprint density at radius 3 is 2.44 bits per heavy atom. The first-order valence-corrected chi connectivity index (χ1v) is 12.3. The summed E-state index contributed by atoms with van der Waals surface area (Å²) in [5.41, 5.74) is 5.19. The number of piperidine rings is 1. The predicted molar refractivity (Wildman–Crippen MR) is 140 cm³/mol. The van der Waals surface area contributed by atoms with Crippen LogP contribution in [0.1, 0.15) is 30.2 Å². The number of carbonyl (C=O) groups excluding carboxylic acids is 1. The van der Waals surface area contributed by atoms with Gasteiger partial charge in [-0.05, 0) is 51.2 Å². The van der Waals surface area contributed by atoms with Crippen LogP contribution in [0.25, 0.3) is 34.3 Å². The molecule has 1 amide bonds. The van der Waals surface area contributed by atoms with Crippen molar-refractivity contribution < 1.29 is 23.8 Å². The third kappa shape index (κ3) is 5.46. The molecule has 4 aromatic rings. The second kappa shape index (κ2) is 10.4. The molecule has 204 valence electrons. The molecule has 3 heterocycles. The number of nitrogens with zero attached hydrogens (tertiary/aromatic N) is 6. The molecular formula is C27H28F3N7O2. The minimum atomic E-state index is -4.75. The van der Waals surface area contributed by atoms with Gasteiger partial charge in [-0.25, -0.2) is 9.97 Å². The summed E-state index contributed by atoms with van der Waals surface area (Å²) in [5.74, 6) is -0.399. The Labute approximate surface area is 224 Å². The van der Waals surface area contributed by atoms with Crippen LogP contribution in [0.15, 0.2) is 59.1 Å². The van der Waals surface area contributed by atoms with Crippen LogP contribution in [0.3, 0.4) is 0 Å². The summed E-state index contributed by atoms with van der Waals surface area (Å²) in [5, 5.41) is 7.95. The van der Waals surface area contributed by atoms with E-state index in [0.29, 0.717) is 24.7 Å². The summed E-state index contributed by atoms with van der Waals surface area (Å²) >= 11 is 0. The molecule has 5 rings (SSSR count). The fourth-order valence-corrected chi connectivity index (χ4v) is 4.60. The van der Waals surface area contributed by atoms with Crippen molar-refractivity contribution in [3.63, 3.8) is 0 Å². The second-order valence-electron chi connectivity index (χ2n) is 9.51. The lowest BCUT2D eigenvalue weighted by Crippen LogP contribution is -2.44. The summed E-state index contributed by atoms with van der Waals surface area (Å²) in [4.78, 5) is 25.1. The monoisotopic (exact) mass is 539 g/mol. The number of halogens is 3. The number of hydrogen-bond donors (Lipinski definition) is 1. The van der Waals surface area contributed by atoms with Gasteiger partial charge in [-0.2, -0.15) is 13.2 Å². The number of carbonyl (C=O) groups is 1. The molecular weight excluding hydrogens is 511 g/mol. The van der Waals surface area contributed by atoms with E-state index >= 15 is 0 Å². The maximum atomic E-state index is 14.2.